The highest BCUT2D eigenvalue weighted by molar-refractivity contribution is 5.68. The van der Waals surface area contributed by atoms with Crippen molar-refractivity contribution in [3.8, 4) is 0 Å². The van der Waals surface area contributed by atoms with Crippen molar-refractivity contribution in [1.29, 1.82) is 0 Å². The summed E-state index contributed by atoms with van der Waals surface area (Å²) in [4.78, 5) is 36.8. The summed E-state index contributed by atoms with van der Waals surface area (Å²) in [6, 6.07) is 9.60. The molecule has 31 heavy (non-hydrogen) atoms. The molecular formula is C24H36N2O5. The number of hydrogen-bond acceptors (Lipinski definition) is 5. The van der Waals surface area contributed by atoms with Crippen molar-refractivity contribution < 1.29 is 23.9 Å². The molecule has 0 aliphatic heterocycles. The second kappa shape index (κ2) is 12.3. The SMILES string of the molecule is CC(C)(C)OC(=O)N(CCC=O)C[C@H]1CC[C@H](CNC(=O)OCc2ccccc2)CC1. The molecule has 1 fully saturated rings. The lowest BCUT2D eigenvalue weighted by molar-refractivity contribution is -0.108. The van der Waals surface area contributed by atoms with E-state index in [0.717, 1.165) is 37.5 Å². The highest BCUT2D eigenvalue weighted by atomic mass is 16.6. The smallest absolute Gasteiger partial charge is 0.410 e. The lowest BCUT2D eigenvalue weighted by Crippen LogP contribution is -2.41. The van der Waals surface area contributed by atoms with E-state index in [1.165, 1.54) is 0 Å². The van der Waals surface area contributed by atoms with Gasteiger partial charge in [-0.05, 0) is 63.9 Å². The predicted octanol–water partition coefficient (Wildman–Crippen LogP) is 4.55. The average molecular weight is 433 g/mol. The van der Waals surface area contributed by atoms with E-state index in [4.69, 9.17) is 9.47 Å². The molecule has 7 nitrogen and oxygen atoms in total. The highest BCUT2D eigenvalue weighted by Crippen LogP contribution is 2.29. The number of carbonyl (C=O) groups excluding carboxylic acids is 3. The molecule has 2 rings (SSSR count). The quantitative estimate of drug-likeness (QED) is 0.579. The first-order chi connectivity index (χ1) is 14.8. The summed E-state index contributed by atoms with van der Waals surface area (Å²) >= 11 is 0. The highest BCUT2D eigenvalue weighted by Gasteiger charge is 2.27. The van der Waals surface area contributed by atoms with Gasteiger partial charge in [0.15, 0.2) is 0 Å². The zero-order valence-electron chi connectivity index (χ0n) is 19.0. The van der Waals surface area contributed by atoms with Crippen LogP contribution < -0.4 is 5.32 Å². The minimum atomic E-state index is -0.561. The van der Waals surface area contributed by atoms with Crippen LogP contribution in [0.15, 0.2) is 30.3 Å². The molecule has 1 aromatic rings. The van der Waals surface area contributed by atoms with Gasteiger partial charge in [0, 0.05) is 26.1 Å². The summed E-state index contributed by atoms with van der Waals surface area (Å²) < 4.78 is 10.7. The van der Waals surface area contributed by atoms with Gasteiger partial charge in [0.05, 0.1) is 0 Å². The zero-order valence-corrected chi connectivity index (χ0v) is 19.0. The van der Waals surface area contributed by atoms with Gasteiger partial charge in [-0.3, -0.25) is 0 Å². The third kappa shape index (κ3) is 9.85. The summed E-state index contributed by atoms with van der Waals surface area (Å²) in [6.07, 6.45) is 4.31. The molecule has 1 N–H and O–H groups in total. The zero-order chi connectivity index (χ0) is 22.7. The third-order valence-electron chi connectivity index (χ3n) is 5.36. The third-order valence-corrected chi connectivity index (χ3v) is 5.36. The Balaban J connectivity index is 1.70. The first-order valence-electron chi connectivity index (χ1n) is 11.1. The van der Waals surface area contributed by atoms with Crippen molar-refractivity contribution in [3.63, 3.8) is 0 Å². The van der Waals surface area contributed by atoms with Gasteiger partial charge in [-0.2, -0.15) is 0 Å². The van der Waals surface area contributed by atoms with Crippen LogP contribution in [0.2, 0.25) is 0 Å². The Hall–Kier alpha value is -2.57. The number of alkyl carbamates (subject to hydrolysis) is 1. The first kappa shape index (κ1) is 24.7. The van der Waals surface area contributed by atoms with Crippen molar-refractivity contribution in [3.05, 3.63) is 35.9 Å². The molecule has 1 aromatic carbocycles. The molecule has 0 heterocycles. The Bertz CT molecular complexity index is 694. The number of nitrogens with zero attached hydrogens (tertiary/aromatic N) is 1. The van der Waals surface area contributed by atoms with Crippen molar-refractivity contribution >= 4 is 18.5 Å². The summed E-state index contributed by atoms with van der Waals surface area (Å²) in [5.74, 6) is 0.783. The number of rotatable bonds is 9. The largest absolute Gasteiger partial charge is 0.445 e. The summed E-state index contributed by atoms with van der Waals surface area (Å²) in [7, 11) is 0. The van der Waals surface area contributed by atoms with Gasteiger partial charge in [0.25, 0.3) is 0 Å². The standard InChI is InChI=1S/C24H36N2O5/c1-24(2,3)31-23(29)26(14-7-15-27)17-20-12-10-19(11-13-20)16-25-22(28)30-18-21-8-5-4-6-9-21/h4-6,8-9,15,19-20H,7,10-14,16-18H2,1-3H3,(H,25,28)/t19-,20-. The molecule has 0 bridgehead atoms. The number of carbonyl (C=O) groups is 3. The van der Waals surface area contributed by atoms with Crippen molar-refractivity contribution in [2.24, 2.45) is 11.8 Å². The molecule has 0 aromatic heterocycles. The average Bonchev–Trinajstić information content (AvgIpc) is 2.74. The van der Waals surface area contributed by atoms with E-state index >= 15 is 0 Å². The Morgan fingerprint density at radius 2 is 1.74 bits per heavy atom. The molecule has 0 atom stereocenters. The van der Waals surface area contributed by atoms with Crippen LogP contribution in [-0.4, -0.2) is 48.6 Å². The molecule has 1 aliphatic rings. The number of ether oxygens (including phenoxy) is 2. The van der Waals surface area contributed by atoms with Crippen LogP contribution in [0.1, 0.15) is 58.4 Å². The Morgan fingerprint density at radius 1 is 1.10 bits per heavy atom. The molecule has 0 spiro atoms. The summed E-state index contributed by atoms with van der Waals surface area (Å²) in [5.41, 5.74) is 0.400. The van der Waals surface area contributed by atoms with Gasteiger partial charge < -0.3 is 24.5 Å². The Morgan fingerprint density at radius 3 is 2.35 bits per heavy atom. The minimum Gasteiger partial charge on any atom is -0.445 e. The Labute approximate surface area is 185 Å². The molecule has 0 unspecified atom stereocenters. The van der Waals surface area contributed by atoms with Gasteiger partial charge in [-0.1, -0.05) is 30.3 Å². The van der Waals surface area contributed by atoms with Crippen molar-refractivity contribution in [2.45, 2.75) is 65.1 Å². The lowest BCUT2D eigenvalue weighted by Gasteiger charge is -2.33. The second-order valence-electron chi connectivity index (χ2n) is 9.21. The van der Waals surface area contributed by atoms with Crippen LogP contribution >= 0.6 is 0 Å². The number of nitrogens with one attached hydrogen (secondary N) is 1. The van der Waals surface area contributed by atoms with Crippen LogP contribution in [0.4, 0.5) is 9.59 Å². The van der Waals surface area contributed by atoms with E-state index in [1.54, 1.807) is 4.90 Å². The molecule has 0 radical (unpaired) electrons. The van der Waals surface area contributed by atoms with E-state index in [9.17, 15) is 14.4 Å². The van der Waals surface area contributed by atoms with Gasteiger partial charge >= 0.3 is 12.2 Å². The molecule has 7 heteroatoms. The predicted molar refractivity (Wildman–Crippen MR) is 119 cm³/mol. The lowest BCUT2D eigenvalue weighted by atomic mass is 9.81. The molecule has 2 amide bonds. The molecule has 0 saturated heterocycles. The molecule has 172 valence electrons. The maximum absolute atomic E-state index is 12.5. The Kier molecular flexibility index (Phi) is 9.82. The van der Waals surface area contributed by atoms with Crippen LogP contribution in [0.25, 0.3) is 0 Å². The maximum atomic E-state index is 12.5. The van der Waals surface area contributed by atoms with Gasteiger partial charge in [0.1, 0.15) is 18.5 Å². The maximum Gasteiger partial charge on any atom is 0.410 e. The van der Waals surface area contributed by atoms with E-state index in [1.807, 2.05) is 51.1 Å². The van der Waals surface area contributed by atoms with Crippen LogP contribution in [0.5, 0.6) is 0 Å². The molecular weight excluding hydrogens is 396 g/mol. The topological polar surface area (TPSA) is 84.9 Å². The van der Waals surface area contributed by atoms with E-state index in [0.29, 0.717) is 37.9 Å². The van der Waals surface area contributed by atoms with Crippen LogP contribution in [0.3, 0.4) is 0 Å². The van der Waals surface area contributed by atoms with Crippen molar-refractivity contribution in [1.82, 2.24) is 10.2 Å². The van der Waals surface area contributed by atoms with Crippen LogP contribution in [-0.2, 0) is 20.9 Å². The van der Waals surface area contributed by atoms with E-state index < -0.39 is 11.7 Å². The van der Waals surface area contributed by atoms with Gasteiger partial charge in [-0.15, -0.1) is 0 Å². The molecule has 1 saturated carbocycles. The number of benzene rings is 1. The summed E-state index contributed by atoms with van der Waals surface area (Å²) in [6.45, 7) is 7.36. The fourth-order valence-corrected chi connectivity index (χ4v) is 3.72. The number of amides is 2. The van der Waals surface area contributed by atoms with Crippen molar-refractivity contribution in [2.75, 3.05) is 19.6 Å². The van der Waals surface area contributed by atoms with Gasteiger partial charge in [0.2, 0.25) is 0 Å². The second-order valence-corrected chi connectivity index (χ2v) is 9.21. The fraction of sp³-hybridized carbons (Fsp3) is 0.625. The number of hydrogen-bond donors (Lipinski definition) is 1. The molecule has 1 aliphatic carbocycles. The van der Waals surface area contributed by atoms with E-state index in [2.05, 4.69) is 5.32 Å². The summed E-state index contributed by atoms with van der Waals surface area (Å²) in [5, 5.41) is 2.87. The first-order valence-corrected chi connectivity index (χ1v) is 11.1. The monoisotopic (exact) mass is 432 g/mol. The minimum absolute atomic E-state index is 0.265. The van der Waals surface area contributed by atoms with Gasteiger partial charge in [-0.25, -0.2) is 9.59 Å². The van der Waals surface area contributed by atoms with E-state index in [-0.39, 0.29) is 12.7 Å². The number of aldehydes is 1. The normalized spacial score (nSPS) is 18.7. The fourth-order valence-electron chi connectivity index (χ4n) is 3.72. The van der Waals surface area contributed by atoms with Crippen LogP contribution in [0, 0.1) is 11.8 Å².